The van der Waals surface area contributed by atoms with E-state index in [0.29, 0.717) is 22.7 Å². The fourth-order valence-electron chi connectivity index (χ4n) is 3.15. The number of benzene rings is 2. The third kappa shape index (κ3) is 5.17. The predicted octanol–water partition coefficient (Wildman–Crippen LogP) is 2.69. The summed E-state index contributed by atoms with van der Waals surface area (Å²) >= 11 is 5.84. The van der Waals surface area contributed by atoms with Gasteiger partial charge in [-0.05, 0) is 42.7 Å². The van der Waals surface area contributed by atoms with Gasteiger partial charge in [-0.2, -0.15) is 4.31 Å². The summed E-state index contributed by atoms with van der Waals surface area (Å²) in [5, 5.41) is 6.02. The number of hydrogen-bond acceptors (Lipinski definition) is 5. The van der Waals surface area contributed by atoms with E-state index in [1.165, 1.54) is 13.1 Å². The van der Waals surface area contributed by atoms with Crippen LogP contribution in [0.1, 0.15) is 24.5 Å². The first-order valence-corrected chi connectivity index (χ1v) is 11.5. The Labute approximate surface area is 186 Å². The number of anilines is 1. The number of halogens is 1. The van der Waals surface area contributed by atoms with Gasteiger partial charge in [-0.3, -0.25) is 9.59 Å². The summed E-state index contributed by atoms with van der Waals surface area (Å²) in [6.07, 6.45) is -0.225. The van der Waals surface area contributed by atoms with E-state index in [2.05, 4.69) is 10.6 Å². The van der Waals surface area contributed by atoms with Crippen LogP contribution in [0.5, 0.6) is 5.75 Å². The Kier molecular flexibility index (Phi) is 6.88. The number of fused-ring (bicyclic) bond motifs is 1. The normalized spacial score (nSPS) is 15.8. The lowest BCUT2D eigenvalue weighted by atomic mass is 10.1. The molecule has 3 rings (SSSR count). The Morgan fingerprint density at radius 2 is 1.94 bits per heavy atom. The van der Waals surface area contributed by atoms with Gasteiger partial charge < -0.3 is 15.4 Å². The molecule has 0 aromatic heterocycles. The van der Waals surface area contributed by atoms with Crippen LogP contribution in [0.25, 0.3) is 0 Å². The number of carbonyl (C=O) groups is 2. The van der Waals surface area contributed by atoms with Crippen molar-refractivity contribution in [2.24, 2.45) is 0 Å². The van der Waals surface area contributed by atoms with Gasteiger partial charge in [0.15, 0.2) is 6.10 Å². The van der Waals surface area contributed by atoms with Crippen LogP contribution in [0.3, 0.4) is 0 Å². The van der Waals surface area contributed by atoms with Gasteiger partial charge in [-0.25, -0.2) is 8.42 Å². The average Bonchev–Trinajstić information content (AvgIpc) is 2.72. The van der Waals surface area contributed by atoms with Crippen molar-refractivity contribution in [2.75, 3.05) is 18.9 Å². The third-order valence-electron chi connectivity index (χ3n) is 4.92. The zero-order valence-electron chi connectivity index (χ0n) is 17.4. The van der Waals surface area contributed by atoms with E-state index >= 15 is 0 Å². The smallest absolute Gasteiger partial charge is 0.265 e. The highest BCUT2D eigenvalue weighted by molar-refractivity contribution is 7.89. The first kappa shape index (κ1) is 23.1. The standard InChI is InChI=1S/C21H24ClN3O5S/c1-4-17-21(27)24-16-9-13(2)19(10-18(16)30-17)31(28,29)25(3)12-20(26)23-11-14-5-7-15(22)8-6-14/h5-10,17H,4,11-12H2,1-3H3,(H,23,26)(H,24,27)/t17-/m0/s1. The summed E-state index contributed by atoms with van der Waals surface area (Å²) in [5.74, 6) is -0.415. The average molecular weight is 466 g/mol. The van der Waals surface area contributed by atoms with Crippen LogP contribution in [0, 0.1) is 6.92 Å². The Hall–Kier alpha value is -2.62. The van der Waals surface area contributed by atoms with Gasteiger partial charge in [-0.1, -0.05) is 30.7 Å². The van der Waals surface area contributed by atoms with E-state index in [1.54, 1.807) is 44.2 Å². The van der Waals surface area contributed by atoms with Crippen LogP contribution in [-0.4, -0.2) is 44.2 Å². The van der Waals surface area contributed by atoms with E-state index in [4.69, 9.17) is 16.3 Å². The minimum absolute atomic E-state index is 0.0188. The summed E-state index contributed by atoms with van der Waals surface area (Å²) in [4.78, 5) is 24.3. The Balaban J connectivity index is 1.72. The number of rotatable bonds is 7. The Bertz CT molecular complexity index is 1100. The van der Waals surface area contributed by atoms with E-state index in [9.17, 15) is 18.0 Å². The molecule has 0 spiro atoms. The molecule has 166 valence electrons. The van der Waals surface area contributed by atoms with Gasteiger partial charge in [0.25, 0.3) is 5.91 Å². The number of ether oxygens (including phenoxy) is 1. The number of amides is 2. The molecule has 0 saturated carbocycles. The number of carbonyl (C=O) groups excluding carboxylic acids is 2. The van der Waals surface area contributed by atoms with Crippen LogP contribution < -0.4 is 15.4 Å². The SMILES string of the molecule is CC[C@@H]1Oc2cc(S(=O)(=O)N(C)CC(=O)NCc3ccc(Cl)cc3)c(C)cc2NC1=O. The van der Waals surface area contributed by atoms with Gasteiger partial charge >= 0.3 is 0 Å². The van der Waals surface area contributed by atoms with Gasteiger partial charge in [-0.15, -0.1) is 0 Å². The monoisotopic (exact) mass is 465 g/mol. The highest BCUT2D eigenvalue weighted by Gasteiger charge is 2.31. The molecule has 0 fully saturated rings. The molecular weight excluding hydrogens is 442 g/mol. The molecule has 0 aliphatic carbocycles. The van der Waals surface area contributed by atoms with Crippen molar-refractivity contribution in [3.63, 3.8) is 0 Å². The topological polar surface area (TPSA) is 105 Å². The van der Waals surface area contributed by atoms with Crippen molar-refractivity contribution in [2.45, 2.75) is 37.8 Å². The number of nitrogens with zero attached hydrogens (tertiary/aromatic N) is 1. The molecular formula is C21H24ClN3O5S. The fraction of sp³-hybridized carbons (Fsp3) is 0.333. The second-order valence-corrected chi connectivity index (χ2v) is 9.73. The fourth-order valence-corrected chi connectivity index (χ4v) is 4.62. The quantitative estimate of drug-likeness (QED) is 0.654. The maximum absolute atomic E-state index is 13.1. The molecule has 0 radical (unpaired) electrons. The molecule has 0 bridgehead atoms. The molecule has 1 atom stereocenters. The lowest BCUT2D eigenvalue weighted by Crippen LogP contribution is -2.39. The molecule has 0 saturated heterocycles. The molecule has 8 nitrogen and oxygen atoms in total. The van der Waals surface area contributed by atoms with E-state index in [0.717, 1.165) is 9.87 Å². The third-order valence-corrected chi connectivity index (χ3v) is 7.12. The number of hydrogen-bond donors (Lipinski definition) is 2. The second kappa shape index (κ2) is 9.25. The molecule has 10 heteroatoms. The van der Waals surface area contributed by atoms with Gasteiger partial charge in [0, 0.05) is 24.7 Å². The lowest BCUT2D eigenvalue weighted by Gasteiger charge is -2.27. The number of sulfonamides is 1. The first-order chi connectivity index (χ1) is 14.6. The summed E-state index contributed by atoms with van der Waals surface area (Å²) in [5.41, 5.74) is 1.71. The summed E-state index contributed by atoms with van der Waals surface area (Å²) in [7, 11) is -2.62. The molecule has 2 aromatic carbocycles. The van der Waals surface area contributed by atoms with Crippen molar-refractivity contribution in [1.82, 2.24) is 9.62 Å². The molecule has 0 unspecified atom stereocenters. The highest BCUT2D eigenvalue weighted by Crippen LogP contribution is 2.35. The molecule has 31 heavy (non-hydrogen) atoms. The van der Waals surface area contributed by atoms with Crippen LogP contribution >= 0.6 is 11.6 Å². The minimum Gasteiger partial charge on any atom is -0.478 e. The maximum atomic E-state index is 13.1. The van der Waals surface area contributed by atoms with E-state index < -0.39 is 22.0 Å². The summed E-state index contributed by atoms with van der Waals surface area (Å²) in [6, 6.07) is 9.94. The highest BCUT2D eigenvalue weighted by atomic mass is 35.5. The zero-order chi connectivity index (χ0) is 22.8. The lowest BCUT2D eigenvalue weighted by molar-refractivity contribution is -0.123. The molecule has 1 heterocycles. The maximum Gasteiger partial charge on any atom is 0.265 e. The van der Waals surface area contributed by atoms with Gasteiger partial charge in [0.1, 0.15) is 5.75 Å². The number of likely N-dealkylation sites (N-methyl/N-ethyl adjacent to an activating group) is 1. The minimum atomic E-state index is -3.96. The molecule has 2 N–H and O–H groups in total. The predicted molar refractivity (Wildman–Crippen MR) is 118 cm³/mol. The number of aryl methyl sites for hydroxylation is 1. The number of nitrogens with one attached hydrogen (secondary N) is 2. The largest absolute Gasteiger partial charge is 0.478 e. The van der Waals surface area contributed by atoms with E-state index in [1.807, 2.05) is 0 Å². The summed E-state index contributed by atoms with van der Waals surface area (Å²) in [6.45, 7) is 3.34. The summed E-state index contributed by atoms with van der Waals surface area (Å²) < 4.78 is 32.8. The second-order valence-electron chi connectivity index (χ2n) is 7.28. The van der Waals surface area contributed by atoms with Crippen LogP contribution in [0.2, 0.25) is 5.02 Å². The zero-order valence-corrected chi connectivity index (χ0v) is 19.0. The molecule has 2 aromatic rings. The van der Waals surface area contributed by atoms with Crippen molar-refractivity contribution < 1.29 is 22.7 Å². The van der Waals surface area contributed by atoms with Crippen LogP contribution in [0.15, 0.2) is 41.3 Å². The Morgan fingerprint density at radius 3 is 2.58 bits per heavy atom. The van der Waals surface area contributed by atoms with E-state index in [-0.39, 0.29) is 29.6 Å². The first-order valence-electron chi connectivity index (χ1n) is 9.71. The van der Waals surface area contributed by atoms with Gasteiger partial charge in [0.05, 0.1) is 17.1 Å². The molecule has 1 aliphatic rings. The van der Waals surface area contributed by atoms with Crippen molar-refractivity contribution >= 4 is 39.1 Å². The van der Waals surface area contributed by atoms with Crippen LogP contribution in [-0.2, 0) is 26.2 Å². The molecule has 1 aliphatic heterocycles. The van der Waals surface area contributed by atoms with Crippen LogP contribution in [0.4, 0.5) is 5.69 Å². The van der Waals surface area contributed by atoms with Crippen molar-refractivity contribution in [3.05, 3.63) is 52.5 Å². The van der Waals surface area contributed by atoms with Gasteiger partial charge in [0.2, 0.25) is 15.9 Å². The Morgan fingerprint density at radius 1 is 1.26 bits per heavy atom. The molecule has 2 amide bonds. The van der Waals surface area contributed by atoms with Crippen molar-refractivity contribution in [3.8, 4) is 5.75 Å². The van der Waals surface area contributed by atoms with Crippen molar-refractivity contribution in [1.29, 1.82) is 0 Å².